The van der Waals surface area contributed by atoms with Gasteiger partial charge in [-0.2, -0.15) is 0 Å². The van der Waals surface area contributed by atoms with Crippen LogP contribution in [0.5, 0.6) is 11.5 Å². The summed E-state index contributed by atoms with van der Waals surface area (Å²) in [6.45, 7) is 7.25. The lowest BCUT2D eigenvalue weighted by atomic mass is 9.50. The second kappa shape index (κ2) is 4.41. The molecule has 0 bridgehead atoms. The standard InChI is InChI=1S/C18H26O2/c1-17(2)8-5-9-18(3)13-11-14(19)15(20-4)10-12(13)6-7-16(17)18/h10-11,16,19H,5-9H2,1-4H3/t16?,18-/m1/s1. The van der Waals surface area contributed by atoms with Crippen molar-refractivity contribution in [2.24, 2.45) is 11.3 Å². The lowest BCUT2D eigenvalue weighted by Crippen LogP contribution is -2.47. The van der Waals surface area contributed by atoms with Crippen molar-refractivity contribution in [1.29, 1.82) is 0 Å². The Bertz CT molecular complexity index is 532. The third-order valence-corrected chi connectivity index (χ3v) is 5.95. The van der Waals surface area contributed by atoms with Gasteiger partial charge in [0, 0.05) is 0 Å². The minimum atomic E-state index is 0.207. The Morgan fingerprint density at radius 2 is 1.95 bits per heavy atom. The monoisotopic (exact) mass is 274 g/mol. The first kappa shape index (κ1) is 13.8. The number of aryl methyl sites for hydroxylation is 1. The summed E-state index contributed by atoms with van der Waals surface area (Å²) in [4.78, 5) is 0. The maximum atomic E-state index is 10.2. The van der Waals surface area contributed by atoms with E-state index in [1.807, 2.05) is 12.1 Å². The van der Waals surface area contributed by atoms with E-state index in [9.17, 15) is 5.11 Å². The molecule has 0 aliphatic heterocycles. The highest BCUT2D eigenvalue weighted by Crippen LogP contribution is 2.57. The van der Waals surface area contributed by atoms with Gasteiger partial charge in [0.1, 0.15) is 0 Å². The van der Waals surface area contributed by atoms with Gasteiger partial charge >= 0.3 is 0 Å². The molecule has 3 rings (SSSR count). The Balaban J connectivity index is 2.12. The lowest BCUT2D eigenvalue weighted by molar-refractivity contribution is 0.0405. The van der Waals surface area contributed by atoms with Crippen LogP contribution in [0.15, 0.2) is 12.1 Å². The molecule has 1 fully saturated rings. The Hall–Kier alpha value is -1.18. The fraction of sp³-hybridized carbons (Fsp3) is 0.667. The van der Waals surface area contributed by atoms with Gasteiger partial charge in [0.05, 0.1) is 7.11 Å². The SMILES string of the molecule is COc1cc2c(cc1O)[C@@]1(C)CCCC(C)(C)C1CC2. The number of benzene rings is 1. The first-order valence-corrected chi connectivity index (χ1v) is 7.79. The number of aromatic hydroxyl groups is 1. The molecule has 1 aromatic carbocycles. The molecule has 1 aromatic rings. The minimum Gasteiger partial charge on any atom is -0.504 e. The number of phenolic OH excluding ortho intramolecular Hbond substituents is 1. The Labute approximate surface area is 122 Å². The fourth-order valence-corrected chi connectivity index (χ4v) is 4.97. The highest BCUT2D eigenvalue weighted by molar-refractivity contribution is 5.51. The highest BCUT2D eigenvalue weighted by Gasteiger charge is 2.49. The van der Waals surface area contributed by atoms with E-state index < -0.39 is 0 Å². The zero-order chi connectivity index (χ0) is 14.5. The molecule has 2 atom stereocenters. The van der Waals surface area contributed by atoms with Crippen LogP contribution in [-0.2, 0) is 11.8 Å². The third kappa shape index (κ3) is 1.84. The number of fused-ring (bicyclic) bond motifs is 3. The molecule has 20 heavy (non-hydrogen) atoms. The Morgan fingerprint density at radius 3 is 2.65 bits per heavy atom. The molecule has 0 amide bonds. The molecular formula is C18H26O2. The topological polar surface area (TPSA) is 29.5 Å². The molecule has 2 nitrogen and oxygen atoms in total. The number of phenols is 1. The van der Waals surface area contributed by atoms with Gasteiger partial charge in [-0.1, -0.05) is 27.2 Å². The van der Waals surface area contributed by atoms with Crippen LogP contribution in [0.4, 0.5) is 0 Å². The van der Waals surface area contributed by atoms with Crippen LogP contribution in [0.2, 0.25) is 0 Å². The molecule has 2 aliphatic rings. The van der Waals surface area contributed by atoms with E-state index in [4.69, 9.17) is 4.74 Å². The van der Waals surface area contributed by atoms with Gasteiger partial charge in [-0.3, -0.25) is 0 Å². The first-order valence-electron chi connectivity index (χ1n) is 7.79. The molecule has 0 aromatic heterocycles. The molecule has 2 aliphatic carbocycles. The summed E-state index contributed by atoms with van der Waals surface area (Å²) in [5.41, 5.74) is 3.34. The first-order chi connectivity index (χ1) is 9.38. The Morgan fingerprint density at radius 1 is 1.20 bits per heavy atom. The van der Waals surface area contributed by atoms with Crippen molar-refractivity contribution < 1.29 is 9.84 Å². The minimum absolute atomic E-state index is 0.207. The highest BCUT2D eigenvalue weighted by atomic mass is 16.5. The van der Waals surface area contributed by atoms with Gasteiger partial charge in [0.25, 0.3) is 0 Å². The summed E-state index contributed by atoms with van der Waals surface area (Å²) >= 11 is 0. The second-order valence-electron chi connectivity index (χ2n) is 7.53. The van der Waals surface area contributed by atoms with Crippen molar-refractivity contribution >= 4 is 0 Å². The largest absolute Gasteiger partial charge is 0.504 e. The third-order valence-electron chi connectivity index (χ3n) is 5.95. The van der Waals surface area contributed by atoms with E-state index >= 15 is 0 Å². The normalized spacial score (nSPS) is 31.3. The van der Waals surface area contributed by atoms with Gasteiger partial charge < -0.3 is 9.84 Å². The molecule has 0 spiro atoms. The summed E-state index contributed by atoms with van der Waals surface area (Å²) in [5, 5.41) is 10.2. The van der Waals surface area contributed by atoms with Gasteiger partial charge in [0.2, 0.25) is 0 Å². The molecule has 1 unspecified atom stereocenters. The van der Waals surface area contributed by atoms with Crippen LogP contribution in [-0.4, -0.2) is 12.2 Å². The van der Waals surface area contributed by atoms with Crippen molar-refractivity contribution in [3.05, 3.63) is 23.3 Å². The summed E-state index contributed by atoms with van der Waals surface area (Å²) in [5.74, 6) is 1.61. The lowest BCUT2D eigenvalue weighted by Gasteiger charge is -2.54. The van der Waals surface area contributed by atoms with Crippen molar-refractivity contribution in [3.63, 3.8) is 0 Å². The molecule has 1 saturated carbocycles. The van der Waals surface area contributed by atoms with Gasteiger partial charge in [-0.15, -0.1) is 0 Å². The van der Waals surface area contributed by atoms with Gasteiger partial charge in [-0.05, 0) is 65.7 Å². The van der Waals surface area contributed by atoms with E-state index in [0.29, 0.717) is 17.1 Å². The zero-order valence-corrected chi connectivity index (χ0v) is 13.1. The van der Waals surface area contributed by atoms with Crippen LogP contribution in [0.1, 0.15) is 57.6 Å². The van der Waals surface area contributed by atoms with Crippen molar-refractivity contribution in [2.75, 3.05) is 7.11 Å². The van der Waals surface area contributed by atoms with Crippen molar-refractivity contribution in [3.8, 4) is 11.5 Å². The van der Waals surface area contributed by atoms with Gasteiger partial charge in [-0.25, -0.2) is 0 Å². The summed E-state index contributed by atoms with van der Waals surface area (Å²) in [7, 11) is 1.62. The molecule has 110 valence electrons. The molecular weight excluding hydrogens is 248 g/mol. The van der Waals surface area contributed by atoms with Crippen molar-refractivity contribution in [1.82, 2.24) is 0 Å². The van der Waals surface area contributed by atoms with Crippen LogP contribution in [0.25, 0.3) is 0 Å². The van der Waals surface area contributed by atoms with Crippen LogP contribution in [0.3, 0.4) is 0 Å². The number of rotatable bonds is 1. The smallest absolute Gasteiger partial charge is 0.160 e. The Kier molecular flexibility index (Phi) is 3.04. The van der Waals surface area contributed by atoms with E-state index in [-0.39, 0.29) is 11.2 Å². The number of methoxy groups -OCH3 is 1. The predicted molar refractivity (Wildman–Crippen MR) is 81.5 cm³/mol. The maximum absolute atomic E-state index is 10.2. The molecule has 0 saturated heterocycles. The van der Waals surface area contributed by atoms with E-state index in [1.165, 1.54) is 36.8 Å². The van der Waals surface area contributed by atoms with Gasteiger partial charge in [0.15, 0.2) is 11.5 Å². The predicted octanol–water partition coefficient (Wildman–Crippen LogP) is 4.43. The van der Waals surface area contributed by atoms with Crippen LogP contribution < -0.4 is 4.74 Å². The van der Waals surface area contributed by atoms with E-state index in [2.05, 4.69) is 20.8 Å². The van der Waals surface area contributed by atoms with E-state index in [1.54, 1.807) is 7.11 Å². The van der Waals surface area contributed by atoms with Crippen LogP contribution in [0, 0.1) is 11.3 Å². The fourth-order valence-electron chi connectivity index (χ4n) is 4.97. The molecule has 0 heterocycles. The quantitative estimate of drug-likeness (QED) is 0.821. The molecule has 0 radical (unpaired) electrons. The second-order valence-corrected chi connectivity index (χ2v) is 7.53. The molecule has 2 heteroatoms. The molecule has 1 N–H and O–H groups in total. The number of hydrogen-bond acceptors (Lipinski definition) is 2. The maximum Gasteiger partial charge on any atom is 0.160 e. The summed E-state index contributed by atoms with van der Waals surface area (Å²) < 4.78 is 5.27. The summed E-state index contributed by atoms with van der Waals surface area (Å²) in [6, 6.07) is 4.02. The number of ether oxygens (including phenoxy) is 1. The average molecular weight is 274 g/mol. The number of hydrogen-bond donors (Lipinski definition) is 1. The van der Waals surface area contributed by atoms with E-state index in [0.717, 1.165) is 6.42 Å². The van der Waals surface area contributed by atoms with Crippen molar-refractivity contribution in [2.45, 2.75) is 58.3 Å². The summed E-state index contributed by atoms with van der Waals surface area (Å²) in [6.07, 6.45) is 6.21. The van der Waals surface area contributed by atoms with Crippen LogP contribution >= 0.6 is 0 Å². The zero-order valence-electron chi connectivity index (χ0n) is 13.1. The average Bonchev–Trinajstić information content (AvgIpc) is 2.38.